The van der Waals surface area contributed by atoms with Gasteiger partial charge in [0.1, 0.15) is 4.99 Å². The Hall–Kier alpha value is -2.08. The maximum absolute atomic E-state index is 12.7. The fourth-order valence-corrected chi connectivity index (χ4v) is 2.35. The third-order valence-electron chi connectivity index (χ3n) is 3.04. The molecule has 2 N–H and O–H groups in total. The summed E-state index contributed by atoms with van der Waals surface area (Å²) in [5, 5.41) is 5.95. The number of para-hydroxylation sites is 1. The fourth-order valence-electron chi connectivity index (χ4n) is 2.06. The van der Waals surface area contributed by atoms with Gasteiger partial charge in [-0.2, -0.15) is 13.2 Å². The minimum absolute atomic E-state index is 0.320. The number of anilines is 3. The van der Waals surface area contributed by atoms with Crippen LogP contribution in [0.4, 0.5) is 30.2 Å². The second-order valence-electron chi connectivity index (χ2n) is 4.38. The van der Waals surface area contributed by atoms with Gasteiger partial charge >= 0.3 is 6.18 Å². The van der Waals surface area contributed by atoms with Crippen LogP contribution in [0, 0.1) is 0 Å². The van der Waals surface area contributed by atoms with Gasteiger partial charge in [0, 0.05) is 11.3 Å². The number of rotatable bonds is 0. The average Bonchev–Trinajstić information content (AvgIpc) is 2.53. The molecular weight excluding hydrogens is 285 g/mol. The van der Waals surface area contributed by atoms with E-state index >= 15 is 0 Å². The lowest BCUT2D eigenvalue weighted by Crippen LogP contribution is -2.10. The minimum atomic E-state index is -4.38. The smallest absolute Gasteiger partial charge is 0.353 e. The number of nitrogens with one attached hydrogen (secondary N) is 2. The Morgan fingerprint density at radius 1 is 0.850 bits per heavy atom. The third kappa shape index (κ3) is 2.22. The first-order valence-electron chi connectivity index (χ1n) is 5.84. The molecule has 0 spiro atoms. The molecule has 1 aliphatic heterocycles. The molecule has 2 aromatic rings. The van der Waals surface area contributed by atoms with Crippen molar-refractivity contribution >= 4 is 34.3 Å². The van der Waals surface area contributed by atoms with E-state index in [-0.39, 0.29) is 0 Å². The molecule has 102 valence electrons. The highest BCUT2D eigenvalue weighted by Crippen LogP contribution is 2.37. The van der Waals surface area contributed by atoms with Gasteiger partial charge in [-0.15, -0.1) is 0 Å². The van der Waals surface area contributed by atoms with Crippen LogP contribution < -0.4 is 10.6 Å². The van der Waals surface area contributed by atoms with Gasteiger partial charge in [-0.3, -0.25) is 0 Å². The van der Waals surface area contributed by atoms with Crippen molar-refractivity contribution in [2.45, 2.75) is 6.18 Å². The van der Waals surface area contributed by atoms with Gasteiger partial charge in [0.15, 0.2) is 0 Å². The van der Waals surface area contributed by atoms with Crippen molar-refractivity contribution in [1.29, 1.82) is 0 Å². The van der Waals surface area contributed by atoms with E-state index in [1.807, 2.05) is 24.3 Å². The second-order valence-corrected chi connectivity index (χ2v) is 4.79. The Kier molecular flexibility index (Phi) is 2.90. The molecule has 0 atom stereocenters. The molecule has 2 aromatic carbocycles. The van der Waals surface area contributed by atoms with E-state index < -0.39 is 11.7 Å². The summed E-state index contributed by atoms with van der Waals surface area (Å²) in [6.45, 7) is 0. The van der Waals surface area contributed by atoms with Gasteiger partial charge in [-0.05, 0) is 30.3 Å². The Morgan fingerprint density at radius 3 is 2.35 bits per heavy atom. The van der Waals surface area contributed by atoms with Gasteiger partial charge in [-0.25, -0.2) is 0 Å². The van der Waals surface area contributed by atoms with E-state index in [0.29, 0.717) is 16.4 Å². The van der Waals surface area contributed by atoms with Crippen molar-refractivity contribution in [2.24, 2.45) is 0 Å². The summed E-state index contributed by atoms with van der Waals surface area (Å²) in [4.78, 5) is 0.395. The largest absolute Gasteiger partial charge is 0.416 e. The highest BCUT2D eigenvalue weighted by molar-refractivity contribution is 7.81. The highest BCUT2D eigenvalue weighted by Gasteiger charge is 2.31. The van der Waals surface area contributed by atoms with E-state index in [4.69, 9.17) is 12.2 Å². The van der Waals surface area contributed by atoms with Gasteiger partial charge in [0.05, 0.1) is 16.9 Å². The molecule has 1 aliphatic rings. The number of thiocarbonyl (C=S) groups is 1. The van der Waals surface area contributed by atoms with Crippen LogP contribution in [-0.2, 0) is 6.18 Å². The zero-order chi connectivity index (χ0) is 14.3. The van der Waals surface area contributed by atoms with Crippen LogP contribution >= 0.6 is 12.2 Å². The van der Waals surface area contributed by atoms with E-state index in [1.165, 1.54) is 6.07 Å². The zero-order valence-corrected chi connectivity index (χ0v) is 10.9. The molecule has 0 unspecified atom stereocenters. The van der Waals surface area contributed by atoms with Crippen molar-refractivity contribution in [1.82, 2.24) is 0 Å². The summed E-state index contributed by atoms with van der Waals surface area (Å²) >= 11 is 5.23. The first-order chi connectivity index (χ1) is 9.45. The van der Waals surface area contributed by atoms with Crippen LogP contribution in [0.3, 0.4) is 0 Å². The monoisotopic (exact) mass is 294 g/mol. The van der Waals surface area contributed by atoms with E-state index in [0.717, 1.165) is 23.4 Å². The van der Waals surface area contributed by atoms with Gasteiger partial charge < -0.3 is 10.6 Å². The number of hydrogen-bond acceptors (Lipinski definition) is 2. The van der Waals surface area contributed by atoms with Crippen molar-refractivity contribution < 1.29 is 13.2 Å². The Bertz CT molecular complexity index is 695. The van der Waals surface area contributed by atoms with Crippen LogP contribution in [0.25, 0.3) is 0 Å². The molecule has 3 rings (SSSR count). The molecule has 1 heterocycles. The molecule has 0 aliphatic carbocycles. The van der Waals surface area contributed by atoms with E-state index in [1.54, 1.807) is 0 Å². The summed E-state index contributed by atoms with van der Waals surface area (Å²) in [5.74, 6) is 0. The molecule has 2 nitrogen and oxygen atoms in total. The minimum Gasteiger partial charge on any atom is -0.353 e. The van der Waals surface area contributed by atoms with Gasteiger partial charge in [0.2, 0.25) is 0 Å². The lowest BCUT2D eigenvalue weighted by Gasteiger charge is -2.12. The second kappa shape index (κ2) is 4.49. The molecule has 0 bridgehead atoms. The SMILES string of the molecule is FC(F)(F)c1ccc2c(c1)NC(=S)c1ccccc1N2. The molecule has 6 heteroatoms. The first kappa shape index (κ1) is 12.9. The summed E-state index contributed by atoms with van der Waals surface area (Å²) in [6, 6.07) is 10.8. The van der Waals surface area contributed by atoms with Crippen LogP contribution in [0.15, 0.2) is 42.5 Å². The van der Waals surface area contributed by atoms with Crippen LogP contribution in [0.5, 0.6) is 0 Å². The lowest BCUT2D eigenvalue weighted by molar-refractivity contribution is -0.137. The molecule has 0 saturated carbocycles. The molecule has 20 heavy (non-hydrogen) atoms. The Labute approximate surface area is 118 Å². The van der Waals surface area contributed by atoms with Crippen LogP contribution in [0.2, 0.25) is 0 Å². The number of benzene rings is 2. The maximum Gasteiger partial charge on any atom is 0.416 e. The predicted octanol–water partition coefficient (Wildman–Crippen LogP) is 4.55. The number of halogens is 3. The third-order valence-corrected chi connectivity index (χ3v) is 3.36. The maximum atomic E-state index is 12.7. The van der Waals surface area contributed by atoms with E-state index in [9.17, 15) is 13.2 Å². The van der Waals surface area contributed by atoms with E-state index in [2.05, 4.69) is 10.6 Å². The van der Waals surface area contributed by atoms with Crippen LogP contribution in [-0.4, -0.2) is 4.99 Å². The van der Waals surface area contributed by atoms with Gasteiger partial charge in [0.25, 0.3) is 0 Å². The Morgan fingerprint density at radius 2 is 1.60 bits per heavy atom. The van der Waals surface area contributed by atoms with Crippen molar-refractivity contribution in [2.75, 3.05) is 10.6 Å². The Balaban J connectivity index is 2.10. The quantitative estimate of drug-likeness (QED) is 0.697. The summed E-state index contributed by atoms with van der Waals surface area (Å²) in [7, 11) is 0. The summed E-state index contributed by atoms with van der Waals surface area (Å²) in [5.41, 5.74) is 1.70. The van der Waals surface area contributed by atoms with Crippen LogP contribution in [0.1, 0.15) is 11.1 Å². The number of alkyl halides is 3. The molecule has 0 aromatic heterocycles. The predicted molar refractivity (Wildman–Crippen MR) is 76.5 cm³/mol. The highest BCUT2D eigenvalue weighted by atomic mass is 32.1. The molecular formula is C14H9F3N2S. The van der Waals surface area contributed by atoms with Crippen molar-refractivity contribution in [3.63, 3.8) is 0 Å². The number of hydrogen-bond donors (Lipinski definition) is 2. The molecule has 0 amide bonds. The van der Waals surface area contributed by atoms with Gasteiger partial charge in [-0.1, -0.05) is 24.4 Å². The lowest BCUT2D eigenvalue weighted by atomic mass is 10.1. The standard InChI is InChI=1S/C14H9F3N2S/c15-14(16,17)8-5-6-11-12(7-8)19-13(20)9-3-1-2-4-10(9)18-11/h1-7,18H,(H,19,20). The molecule has 0 fully saturated rings. The molecule has 0 saturated heterocycles. The first-order valence-corrected chi connectivity index (χ1v) is 6.24. The van der Waals surface area contributed by atoms with Crippen molar-refractivity contribution in [3.8, 4) is 0 Å². The normalized spacial score (nSPS) is 13.7. The topological polar surface area (TPSA) is 24.1 Å². The number of fused-ring (bicyclic) bond motifs is 2. The zero-order valence-electron chi connectivity index (χ0n) is 10.1. The average molecular weight is 294 g/mol. The molecule has 0 radical (unpaired) electrons. The fraction of sp³-hybridized carbons (Fsp3) is 0.0714. The van der Waals surface area contributed by atoms with Crippen molar-refractivity contribution in [3.05, 3.63) is 53.6 Å². The summed E-state index contributed by atoms with van der Waals surface area (Å²) in [6.07, 6.45) is -4.38. The summed E-state index contributed by atoms with van der Waals surface area (Å²) < 4.78 is 38.2.